The Balaban J connectivity index is 1.46. The topological polar surface area (TPSA) is 68.7 Å². The van der Waals surface area contributed by atoms with Gasteiger partial charge in [0.25, 0.3) is 0 Å². The highest BCUT2D eigenvalue weighted by Gasteiger charge is 2.52. The lowest BCUT2D eigenvalue weighted by Gasteiger charge is -2.57. The minimum atomic E-state index is -0.347. The average Bonchev–Trinajstić information content (AvgIpc) is 3.12. The van der Waals surface area contributed by atoms with E-state index in [1.807, 2.05) is 19.2 Å². The molecule has 8 heteroatoms. The predicted octanol–water partition coefficient (Wildman–Crippen LogP) is 4.19. The molecule has 1 aliphatic heterocycles. The molecule has 5 rings (SSSR count). The number of phenols is 1. The molecule has 0 saturated carbocycles. The molecule has 2 heterocycles. The summed E-state index contributed by atoms with van der Waals surface area (Å²) >= 11 is 1.33. The second-order valence-corrected chi connectivity index (χ2v) is 9.91. The molecule has 1 unspecified atom stereocenters. The van der Waals surface area contributed by atoms with Gasteiger partial charge in [-0.2, -0.15) is 0 Å². The number of piperidine rings is 1. The molecule has 1 saturated heterocycles. The first-order valence-electron chi connectivity index (χ1n) is 10.4. The number of aromatic nitrogens is 1. The number of amides is 2. The number of urea groups is 1. The van der Waals surface area contributed by atoms with Gasteiger partial charge in [0.15, 0.2) is 5.13 Å². The third-order valence-electron chi connectivity index (χ3n) is 7.01. The fourth-order valence-electron chi connectivity index (χ4n) is 5.39. The molecule has 1 fully saturated rings. The number of benzene rings is 2. The van der Waals surface area contributed by atoms with Crippen LogP contribution in [0.4, 0.5) is 14.3 Å². The van der Waals surface area contributed by atoms with Crippen molar-refractivity contribution in [3.05, 3.63) is 53.3 Å². The number of hydrogen-bond acceptors (Lipinski definition) is 5. The number of carbonyl (C=O) groups is 1. The number of likely N-dealkylation sites (N-methyl/N-ethyl adjacent to an activating group) is 2. The van der Waals surface area contributed by atoms with Crippen molar-refractivity contribution in [1.29, 1.82) is 0 Å². The molecule has 2 N–H and O–H groups in total. The zero-order valence-corrected chi connectivity index (χ0v) is 18.5. The molecule has 2 aliphatic rings. The Morgan fingerprint density at radius 3 is 2.97 bits per heavy atom. The second kappa shape index (κ2) is 7.17. The van der Waals surface area contributed by atoms with E-state index < -0.39 is 0 Å². The SMILES string of the molecule is CN1CCC2(C)c3cc(O)ccc3C[C@@H]1[C@@H]2N(C)C(=O)Nc1nc2cc(F)ccc2s1. The van der Waals surface area contributed by atoms with E-state index in [1.54, 1.807) is 17.0 Å². The van der Waals surface area contributed by atoms with Gasteiger partial charge in [0.2, 0.25) is 0 Å². The van der Waals surface area contributed by atoms with Gasteiger partial charge in [0, 0.05) is 24.6 Å². The Bertz CT molecular complexity index is 1180. The lowest BCUT2D eigenvalue weighted by molar-refractivity contribution is 0.0213. The summed E-state index contributed by atoms with van der Waals surface area (Å²) in [6.45, 7) is 3.13. The number of hydrogen-bond donors (Lipinski definition) is 2. The van der Waals surface area contributed by atoms with Gasteiger partial charge in [0.1, 0.15) is 11.6 Å². The van der Waals surface area contributed by atoms with Crippen LogP contribution in [0.1, 0.15) is 24.5 Å². The summed E-state index contributed by atoms with van der Waals surface area (Å²) in [4.78, 5) is 21.7. The van der Waals surface area contributed by atoms with Crippen molar-refractivity contribution in [2.24, 2.45) is 0 Å². The fraction of sp³-hybridized carbons (Fsp3) is 0.391. The Morgan fingerprint density at radius 1 is 1.35 bits per heavy atom. The normalized spacial score (nSPS) is 25.3. The molecule has 162 valence electrons. The molecule has 31 heavy (non-hydrogen) atoms. The summed E-state index contributed by atoms with van der Waals surface area (Å²) < 4.78 is 14.3. The predicted molar refractivity (Wildman–Crippen MR) is 120 cm³/mol. The van der Waals surface area contributed by atoms with Crippen LogP contribution in [0.15, 0.2) is 36.4 Å². The zero-order valence-electron chi connectivity index (χ0n) is 17.7. The highest BCUT2D eigenvalue weighted by molar-refractivity contribution is 7.22. The number of carbonyl (C=O) groups excluding carboxylic acids is 1. The van der Waals surface area contributed by atoms with E-state index in [0.717, 1.165) is 29.6 Å². The minimum absolute atomic E-state index is 0.0626. The van der Waals surface area contributed by atoms with Gasteiger partial charge in [0.05, 0.1) is 16.3 Å². The maximum Gasteiger partial charge on any atom is 0.323 e. The van der Waals surface area contributed by atoms with Gasteiger partial charge in [-0.15, -0.1) is 0 Å². The first-order valence-corrected chi connectivity index (χ1v) is 11.2. The van der Waals surface area contributed by atoms with Crippen molar-refractivity contribution in [3.63, 3.8) is 0 Å². The molecule has 3 atom stereocenters. The van der Waals surface area contributed by atoms with E-state index in [1.165, 1.54) is 29.0 Å². The molecule has 0 spiro atoms. The largest absolute Gasteiger partial charge is 0.508 e. The number of nitrogens with zero attached hydrogens (tertiary/aromatic N) is 3. The Hall–Kier alpha value is -2.71. The van der Waals surface area contributed by atoms with Crippen LogP contribution in [0, 0.1) is 5.82 Å². The van der Waals surface area contributed by atoms with Crippen LogP contribution in [0.25, 0.3) is 10.2 Å². The van der Waals surface area contributed by atoms with E-state index in [0.29, 0.717) is 10.6 Å². The fourth-order valence-corrected chi connectivity index (χ4v) is 6.23. The van der Waals surface area contributed by atoms with E-state index in [-0.39, 0.29) is 35.1 Å². The number of thiazole rings is 1. The van der Waals surface area contributed by atoms with Crippen LogP contribution in [0.2, 0.25) is 0 Å². The molecule has 2 amide bonds. The molecule has 1 aromatic heterocycles. The standard InChI is InChI=1S/C23H25FN4O2S/c1-23-8-9-27(2)18(10-13-4-6-15(29)12-16(13)23)20(23)28(3)22(30)26-21-25-17-11-14(24)5-7-19(17)31-21/h4-7,11-12,18,20,29H,8-10H2,1-3H3,(H,25,26,30)/t18-,20+,23?/m1/s1. The molecule has 1 aliphatic carbocycles. The maximum atomic E-state index is 13.5. The number of nitrogens with one attached hydrogen (secondary N) is 1. The molecular formula is C23H25FN4O2S. The minimum Gasteiger partial charge on any atom is -0.508 e. The third kappa shape index (κ3) is 3.25. The van der Waals surface area contributed by atoms with Crippen LogP contribution < -0.4 is 5.32 Å². The van der Waals surface area contributed by atoms with Crippen molar-refractivity contribution in [2.75, 3.05) is 26.0 Å². The van der Waals surface area contributed by atoms with Crippen LogP contribution in [-0.2, 0) is 11.8 Å². The highest BCUT2D eigenvalue weighted by atomic mass is 32.1. The van der Waals surface area contributed by atoms with E-state index in [9.17, 15) is 14.3 Å². The van der Waals surface area contributed by atoms with Crippen LogP contribution >= 0.6 is 11.3 Å². The Kier molecular flexibility index (Phi) is 4.67. The summed E-state index contributed by atoms with van der Waals surface area (Å²) in [6.07, 6.45) is 1.71. The van der Waals surface area contributed by atoms with Gasteiger partial charge in [-0.3, -0.25) is 5.32 Å². The van der Waals surface area contributed by atoms with Crippen molar-refractivity contribution in [3.8, 4) is 5.75 Å². The van der Waals surface area contributed by atoms with Crippen LogP contribution in [-0.4, -0.2) is 58.6 Å². The smallest absolute Gasteiger partial charge is 0.323 e. The van der Waals surface area contributed by atoms with Crippen molar-refractivity contribution >= 4 is 32.7 Å². The quantitative estimate of drug-likeness (QED) is 0.627. The number of phenolic OH excluding ortho intramolecular Hbond substituents is 1. The molecular weight excluding hydrogens is 415 g/mol. The Morgan fingerprint density at radius 2 is 2.16 bits per heavy atom. The zero-order chi connectivity index (χ0) is 21.9. The highest BCUT2D eigenvalue weighted by Crippen LogP contribution is 2.47. The number of fused-ring (bicyclic) bond motifs is 5. The van der Waals surface area contributed by atoms with E-state index in [2.05, 4.69) is 29.2 Å². The molecule has 2 bridgehead atoms. The summed E-state index contributed by atoms with van der Waals surface area (Å²) in [6, 6.07) is 9.92. The number of halogens is 1. The average molecular weight is 441 g/mol. The van der Waals surface area contributed by atoms with E-state index in [4.69, 9.17) is 0 Å². The lowest BCUT2D eigenvalue weighted by atomic mass is 9.61. The molecule has 3 aromatic rings. The lowest BCUT2D eigenvalue weighted by Crippen LogP contribution is -2.67. The third-order valence-corrected chi connectivity index (χ3v) is 7.96. The van der Waals surface area contributed by atoms with Crippen molar-refractivity contribution < 1.29 is 14.3 Å². The summed E-state index contributed by atoms with van der Waals surface area (Å²) in [5.41, 5.74) is 2.62. The first-order chi connectivity index (χ1) is 14.8. The summed E-state index contributed by atoms with van der Waals surface area (Å²) in [5.74, 6) is -0.0920. The van der Waals surface area contributed by atoms with Crippen LogP contribution in [0.3, 0.4) is 0 Å². The maximum absolute atomic E-state index is 13.5. The summed E-state index contributed by atoms with van der Waals surface area (Å²) in [5, 5.41) is 13.5. The van der Waals surface area contributed by atoms with Crippen molar-refractivity contribution in [2.45, 2.75) is 37.3 Å². The number of likely N-dealkylation sites (tertiary alicyclic amines) is 1. The summed E-state index contributed by atoms with van der Waals surface area (Å²) in [7, 11) is 3.93. The van der Waals surface area contributed by atoms with E-state index >= 15 is 0 Å². The number of aromatic hydroxyl groups is 1. The Labute approximate surface area is 184 Å². The van der Waals surface area contributed by atoms with Crippen LogP contribution in [0.5, 0.6) is 5.75 Å². The second-order valence-electron chi connectivity index (χ2n) is 8.88. The van der Waals surface area contributed by atoms with Gasteiger partial charge >= 0.3 is 6.03 Å². The number of anilines is 1. The van der Waals surface area contributed by atoms with Crippen molar-refractivity contribution in [1.82, 2.24) is 14.8 Å². The van der Waals surface area contributed by atoms with Gasteiger partial charge in [-0.25, -0.2) is 14.2 Å². The van der Waals surface area contributed by atoms with Gasteiger partial charge in [-0.05, 0) is 61.8 Å². The molecule has 2 aromatic carbocycles. The number of rotatable bonds is 2. The molecule has 0 radical (unpaired) electrons. The van der Waals surface area contributed by atoms with Gasteiger partial charge in [-0.1, -0.05) is 24.3 Å². The monoisotopic (exact) mass is 440 g/mol. The van der Waals surface area contributed by atoms with Gasteiger partial charge < -0.3 is 14.9 Å². The first kappa shape index (κ1) is 20.2. The molecule has 6 nitrogen and oxygen atoms in total.